The molecule has 2 aromatic carbocycles. The van der Waals surface area contributed by atoms with Crippen molar-refractivity contribution in [3.63, 3.8) is 0 Å². The molecule has 10 heteroatoms. The maximum absolute atomic E-state index is 11.9. The number of ether oxygens (including phenoxy) is 2. The van der Waals surface area contributed by atoms with E-state index in [1.165, 1.54) is 7.11 Å². The molecule has 3 amide bonds. The van der Waals surface area contributed by atoms with Gasteiger partial charge in [-0.25, -0.2) is 4.79 Å². The van der Waals surface area contributed by atoms with Gasteiger partial charge < -0.3 is 20.5 Å². The molecular weight excluding hydrogens is 434 g/mol. The van der Waals surface area contributed by atoms with Gasteiger partial charge in [-0.2, -0.15) is 0 Å². The Hall–Kier alpha value is -3.63. The zero-order valence-electron chi connectivity index (χ0n) is 17.1. The number of nitrogens with two attached hydrogens (primary N) is 1. The van der Waals surface area contributed by atoms with Crippen LogP contribution in [0.25, 0.3) is 6.08 Å². The van der Waals surface area contributed by atoms with Crippen LogP contribution in [-0.4, -0.2) is 42.7 Å². The largest absolute Gasteiger partial charge is 0.467 e. The van der Waals surface area contributed by atoms with Crippen LogP contribution in [0.15, 0.2) is 53.4 Å². The summed E-state index contributed by atoms with van der Waals surface area (Å²) in [4.78, 5) is 46.6. The van der Waals surface area contributed by atoms with Crippen LogP contribution >= 0.6 is 11.8 Å². The molecule has 0 spiro atoms. The van der Waals surface area contributed by atoms with Crippen molar-refractivity contribution < 1.29 is 28.7 Å². The van der Waals surface area contributed by atoms with E-state index in [0.29, 0.717) is 16.4 Å². The Balaban J connectivity index is 1.62. The van der Waals surface area contributed by atoms with E-state index in [1.807, 2.05) is 0 Å². The first-order chi connectivity index (χ1) is 15.4. The predicted molar refractivity (Wildman–Crippen MR) is 119 cm³/mol. The normalized spacial score (nSPS) is 15.2. The fourth-order valence-corrected chi connectivity index (χ4v) is 3.54. The highest BCUT2D eigenvalue weighted by molar-refractivity contribution is 8.18. The molecule has 1 aliphatic heterocycles. The number of carbonyl (C=O) groups is 4. The monoisotopic (exact) mass is 455 g/mol. The van der Waals surface area contributed by atoms with E-state index >= 15 is 0 Å². The molecule has 32 heavy (non-hydrogen) atoms. The molecule has 1 fully saturated rings. The number of imide groups is 1. The number of nitrogens with one attached hydrogen (secondary N) is 2. The molecule has 3 rings (SSSR count). The van der Waals surface area contributed by atoms with Gasteiger partial charge in [-0.3, -0.25) is 19.7 Å². The van der Waals surface area contributed by atoms with E-state index in [-0.39, 0.29) is 18.2 Å². The minimum Gasteiger partial charge on any atom is -0.467 e. The van der Waals surface area contributed by atoms with Crippen molar-refractivity contribution in [1.29, 1.82) is 0 Å². The molecule has 1 heterocycles. The lowest BCUT2D eigenvalue weighted by Crippen LogP contribution is -2.45. The number of thioether (sulfide) groups is 1. The topological polar surface area (TPSA) is 137 Å². The SMILES string of the molecule is COC(=O)C(Cc1ccc(Oc2ccc(/C=C3\SC(=O)NC3=O)cc2)cc1)NC(=O)CN. The molecule has 166 valence electrons. The third-order valence-electron chi connectivity index (χ3n) is 4.43. The molecule has 0 radical (unpaired) electrons. The van der Waals surface area contributed by atoms with Crippen molar-refractivity contribution in [2.24, 2.45) is 5.73 Å². The van der Waals surface area contributed by atoms with Gasteiger partial charge in [-0.15, -0.1) is 0 Å². The molecule has 4 N–H and O–H groups in total. The van der Waals surface area contributed by atoms with Gasteiger partial charge in [-0.1, -0.05) is 24.3 Å². The van der Waals surface area contributed by atoms with Gasteiger partial charge in [0.05, 0.1) is 18.6 Å². The number of rotatable bonds is 8. The highest BCUT2D eigenvalue weighted by atomic mass is 32.2. The summed E-state index contributed by atoms with van der Waals surface area (Å²) in [5, 5.41) is 4.36. The van der Waals surface area contributed by atoms with E-state index in [1.54, 1.807) is 54.6 Å². The number of hydrogen-bond donors (Lipinski definition) is 3. The Morgan fingerprint density at radius 1 is 1.09 bits per heavy atom. The lowest BCUT2D eigenvalue weighted by Gasteiger charge is -2.16. The quantitative estimate of drug-likeness (QED) is 0.406. The summed E-state index contributed by atoms with van der Waals surface area (Å²) in [7, 11) is 1.25. The second-order valence-electron chi connectivity index (χ2n) is 6.72. The maximum Gasteiger partial charge on any atom is 0.328 e. The van der Waals surface area contributed by atoms with Crippen molar-refractivity contribution in [3.05, 3.63) is 64.6 Å². The van der Waals surface area contributed by atoms with Crippen LogP contribution in [0.1, 0.15) is 11.1 Å². The Bertz CT molecular complexity index is 1050. The minimum absolute atomic E-state index is 0.222. The molecule has 0 saturated carbocycles. The van der Waals surface area contributed by atoms with E-state index in [2.05, 4.69) is 10.6 Å². The number of esters is 1. The molecular formula is C22H21N3O6S. The number of amides is 3. The van der Waals surface area contributed by atoms with Gasteiger partial charge >= 0.3 is 5.97 Å². The predicted octanol–water partition coefficient (Wildman–Crippen LogP) is 1.96. The Labute approximate surface area is 188 Å². The summed E-state index contributed by atoms with van der Waals surface area (Å²) < 4.78 is 10.5. The smallest absolute Gasteiger partial charge is 0.328 e. The van der Waals surface area contributed by atoms with Crippen molar-refractivity contribution in [1.82, 2.24) is 10.6 Å². The first-order valence-electron chi connectivity index (χ1n) is 9.57. The van der Waals surface area contributed by atoms with Gasteiger partial charge in [0.2, 0.25) is 5.91 Å². The zero-order chi connectivity index (χ0) is 23.1. The Morgan fingerprint density at radius 3 is 2.25 bits per heavy atom. The van der Waals surface area contributed by atoms with Gasteiger partial charge in [0.1, 0.15) is 17.5 Å². The van der Waals surface area contributed by atoms with Gasteiger partial charge in [-0.05, 0) is 53.2 Å². The molecule has 1 atom stereocenters. The van der Waals surface area contributed by atoms with Gasteiger partial charge in [0.25, 0.3) is 11.1 Å². The third-order valence-corrected chi connectivity index (χ3v) is 5.24. The van der Waals surface area contributed by atoms with Crippen LogP contribution in [-0.2, 0) is 25.5 Å². The first kappa shape index (κ1) is 23.0. The molecule has 1 unspecified atom stereocenters. The summed E-state index contributed by atoms with van der Waals surface area (Å²) in [5.41, 5.74) is 6.85. The van der Waals surface area contributed by atoms with Crippen LogP contribution in [0, 0.1) is 0 Å². The fourth-order valence-electron chi connectivity index (χ4n) is 2.86. The summed E-state index contributed by atoms with van der Waals surface area (Å²) in [6.07, 6.45) is 1.88. The van der Waals surface area contributed by atoms with E-state index < -0.39 is 23.8 Å². The van der Waals surface area contributed by atoms with Crippen LogP contribution in [0.3, 0.4) is 0 Å². The van der Waals surface area contributed by atoms with Crippen molar-refractivity contribution in [3.8, 4) is 11.5 Å². The minimum atomic E-state index is -0.833. The second kappa shape index (κ2) is 10.6. The summed E-state index contributed by atoms with van der Waals surface area (Å²) >= 11 is 0.860. The Morgan fingerprint density at radius 2 is 1.72 bits per heavy atom. The molecule has 0 bridgehead atoms. The highest BCUT2D eigenvalue weighted by Crippen LogP contribution is 2.27. The third kappa shape index (κ3) is 6.19. The average molecular weight is 455 g/mol. The number of hydrogen-bond acceptors (Lipinski definition) is 8. The summed E-state index contributed by atoms with van der Waals surface area (Å²) in [6.45, 7) is -0.222. The van der Waals surface area contributed by atoms with Crippen molar-refractivity contribution in [2.75, 3.05) is 13.7 Å². The van der Waals surface area contributed by atoms with E-state index in [0.717, 1.165) is 22.9 Å². The number of benzene rings is 2. The lowest BCUT2D eigenvalue weighted by molar-refractivity contribution is -0.144. The number of carbonyl (C=O) groups excluding carboxylic acids is 4. The summed E-state index contributed by atoms with van der Waals surface area (Å²) in [5.74, 6) is -0.241. The van der Waals surface area contributed by atoms with Crippen molar-refractivity contribution in [2.45, 2.75) is 12.5 Å². The molecule has 0 aromatic heterocycles. The maximum atomic E-state index is 11.9. The van der Waals surface area contributed by atoms with Crippen LogP contribution < -0.4 is 21.1 Å². The van der Waals surface area contributed by atoms with Crippen LogP contribution in [0.4, 0.5) is 4.79 Å². The molecule has 1 saturated heterocycles. The van der Waals surface area contributed by atoms with E-state index in [4.69, 9.17) is 15.2 Å². The van der Waals surface area contributed by atoms with Gasteiger partial charge in [0, 0.05) is 6.42 Å². The molecule has 0 aliphatic carbocycles. The first-order valence-corrected chi connectivity index (χ1v) is 10.4. The van der Waals surface area contributed by atoms with Crippen molar-refractivity contribution >= 4 is 40.9 Å². The second-order valence-corrected chi connectivity index (χ2v) is 7.73. The lowest BCUT2D eigenvalue weighted by atomic mass is 10.1. The van der Waals surface area contributed by atoms with E-state index in [9.17, 15) is 19.2 Å². The number of methoxy groups -OCH3 is 1. The molecule has 2 aromatic rings. The molecule has 9 nitrogen and oxygen atoms in total. The molecule has 1 aliphatic rings. The summed E-state index contributed by atoms with van der Waals surface area (Å²) in [6, 6.07) is 13.3. The Kier molecular flexibility index (Phi) is 7.63. The zero-order valence-corrected chi connectivity index (χ0v) is 17.9. The van der Waals surface area contributed by atoms with Gasteiger partial charge in [0.15, 0.2) is 0 Å². The standard InChI is InChI=1S/C22H21N3O6S/c1-30-21(28)17(24-19(26)12-23)10-13-2-6-15(7-3-13)31-16-8-4-14(5-9-16)11-18-20(27)25-22(29)32-18/h2-9,11,17H,10,12,23H2,1H3,(H,24,26)(H,25,27,29)/b18-11-. The van der Waals surface area contributed by atoms with Crippen LogP contribution in [0.2, 0.25) is 0 Å². The highest BCUT2D eigenvalue weighted by Gasteiger charge is 2.25. The van der Waals surface area contributed by atoms with Crippen LogP contribution in [0.5, 0.6) is 11.5 Å². The average Bonchev–Trinajstić information content (AvgIpc) is 3.11. The fraction of sp³-hybridized carbons (Fsp3) is 0.182.